The zero-order valence-electron chi connectivity index (χ0n) is 56.5. The smallest absolute Gasteiger partial charge is 0.407 e. The van der Waals surface area contributed by atoms with Crippen molar-refractivity contribution in [3.63, 3.8) is 0 Å². The quantitative estimate of drug-likeness (QED) is 0.0153. The van der Waals surface area contributed by atoms with Crippen molar-refractivity contribution in [1.29, 1.82) is 0 Å². The van der Waals surface area contributed by atoms with Gasteiger partial charge in [-0.1, -0.05) is 39.8 Å². The number of urea groups is 1. The van der Waals surface area contributed by atoms with Gasteiger partial charge in [0.05, 0.1) is 108 Å². The molecule has 2 aliphatic heterocycles. The van der Waals surface area contributed by atoms with Gasteiger partial charge < -0.3 is 79.9 Å². The molecule has 0 fully saturated rings. The van der Waals surface area contributed by atoms with Crippen molar-refractivity contribution in [3.05, 3.63) is 91.5 Å². The summed E-state index contributed by atoms with van der Waals surface area (Å²) in [5.41, 5.74) is 7.29. The summed E-state index contributed by atoms with van der Waals surface area (Å²) < 4.78 is 59.7. The Bertz CT molecular complexity index is 3600. The van der Waals surface area contributed by atoms with Crippen LogP contribution in [0.1, 0.15) is 143 Å². The fourth-order valence-corrected chi connectivity index (χ4v) is 12.0. The molecule has 0 saturated carbocycles. The molecule has 29 heteroatoms. The molecule has 6 amide bonds. The van der Waals surface area contributed by atoms with Crippen molar-refractivity contribution in [1.82, 2.24) is 30.8 Å². The number of alkyl carbamates (subject to hydrolysis) is 1. The molecule has 0 radical (unpaired) electrons. The number of aliphatic hydroxyl groups is 1. The number of amides is 6. The van der Waals surface area contributed by atoms with Gasteiger partial charge in [0, 0.05) is 85.4 Å². The maximum absolute atomic E-state index is 15.4. The molecule has 0 unspecified atom stereocenters. The van der Waals surface area contributed by atoms with Crippen LogP contribution in [0.15, 0.2) is 41.2 Å². The highest BCUT2D eigenvalue weighted by Gasteiger charge is 2.46. The number of hydrogen-bond acceptors (Lipinski definition) is 21. The number of ether oxygens (including phenoxy) is 8. The van der Waals surface area contributed by atoms with E-state index in [0.29, 0.717) is 96.1 Å². The third kappa shape index (κ3) is 21.0. The monoisotopic (exact) mass is 1370 g/mol. The highest BCUT2D eigenvalue weighted by atomic mass is 19.1. The van der Waals surface area contributed by atoms with Crippen molar-refractivity contribution >= 4 is 75.7 Å². The lowest BCUT2D eigenvalue weighted by Gasteiger charge is -2.31. The largest absolute Gasteiger partial charge is 0.469 e. The van der Waals surface area contributed by atoms with E-state index < -0.39 is 113 Å². The number of fused-ring (bicyclic) bond motifs is 5. The average Bonchev–Trinajstić information content (AvgIpc) is 1.48. The highest BCUT2D eigenvalue weighted by Crippen LogP contribution is 2.46. The van der Waals surface area contributed by atoms with Crippen LogP contribution in [0.5, 0.6) is 0 Å². The van der Waals surface area contributed by atoms with Gasteiger partial charge in [0.15, 0.2) is 17.2 Å². The minimum absolute atomic E-state index is 0.0137. The number of nitrogens with two attached hydrogens (primary N) is 1. The zero-order chi connectivity index (χ0) is 71.1. The number of primary amides is 1. The van der Waals surface area contributed by atoms with Crippen molar-refractivity contribution in [3.8, 4) is 11.4 Å². The lowest BCUT2D eigenvalue weighted by Crippen LogP contribution is -2.48. The number of ketones is 3. The average molecular weight is 1370 g/mol. The normalized spacial score (nSPS) is 16.0. The number of nitrogens with one attached hydrogen (secondary N) is 5. The lowest BCUT2D eigenvalue weighted by atomic mass is 9.81. The number of pyridine rings is 2. The van der Waals surface area contributed by atoms with E-state index >= 15 is 4.39 Å². The van der Waals surface area contributed by atoms with Gasteiger partial charge in [0.2, 0.25) is 17.7 Å². The molecule has 7 rings (SSSR count). The van der Waals surface area contributed by atoms with E-state index in [1.165, 1.54) is 17.7 Å². The second-order valence-electron chi connectivity index (χ2n) is 24.7. The van der Waals surface area contributed by atoms with Gasteiger partial charge in [-0.2, -0.15) is 0 Å². The Hall–Kier alpha value is -8.61. The maximum atomic E-state index is 15.4. The number of benzene rings is 2. The number of aryl methyl sites for hydroxylation is 1. The van der Waals surface area contributed by atoms with Crippen molar-refractivity contribution in [2.75, 3.05) is 91.6 Å². The lowest BCUT2D eigenvalue weighted by molar-refractivity contribution is -0.172. The van der Waals surface area contributed by atoms with Crippen molar-refractivity contribution < 1.29 is 95.3 Å². The number of Topliss-reactive ketones (excluding diaryl/α,β-unsaturated/α-hetero) is 3. The summed E-state index contributed by atoms with van der Waals surface area (Å²) in [6, 6.07) is 6.67. The first kappa shape index (κ1) is 76.8. The van der Waals surface area contributed by atoms with Crippen LogP contribution in [0.2, 0.25) is 0 Å². The number of hydrogen-bond donors (Lipinski definition) is 7. The Morgan fingerprint density at radius 3 is 2.13 bits per heavy atom. The van der Waals surface area contributed by atoms with Crippen LogP contribution in [-0.2, 0) is 108 Å². The van der Waals surface area contributed by atoms with E-state index in [9.17, 15) is 57.8 Å². The zero-order valence-corrected chi connectivity index (χ0v) is 56.5. The number of nitrogens with zero attached hydrogens (tertiary/aromatic N) is 2. The van der Waals surface area contributed by atoms with Crippen LogP contribution in [0.4, 0.5) is 19.7 Å². The number of methoxy groups -OCH3 is 1. The molecule has 2 aromatic carbocycles. The molecule has 0 bridgehead atoms. The molecule has 4 heterocycles. The van der Waals surface area contributed by atoms with Crippen LogP contribution in [0.3, 0.4) is 0 Å². The molecular formula is C69H91FN8O20. The number of esters is 2. The first-order chi connectivity index (χ1) is 47.0. The van der Waals surface area contributed by atoms with E-state index in [1.807, 2.05) is 6.92 Å². The van der Waals surface area contributed by atoms with Crippen molar-refractivity contribution in [2.45, 2.75) is 149 Å². The fraction of sp³-hybridized carbons (Fsp3) is 0.565. The summed E-state index contributed by atoms with van der Waals surface area (Å²) >= 11 is 0. The third-order valence-corrected chi connectivity index (χ3v) is 17.4. The summed E-state index contributed by atoms with van der Waals surface area (Å²) in [5, 5.41) is 25.5. The number of halogens is 1. The SMILES string of the molecule is CCCOCCOCCOCCOCCC(=O)C[C@H](CCC(=O)OC)C(=O)N[C@H](C(=O)C[C@@H](CCCNC(N)=O)C(=O)Nc1ccc(COC(=O)NCC(=O)CCOCC(=O)N[C@H]2CCc3c(C)c(F)cc4nc5c(c2c34)Cn2c-5cc3c(c2=O)COC(=O)[C@]3(O)CC)cc1)C(C)C. The van der Waals surface area contributed by atoms with Gasteiger partial charge in [0.25, 0.3) is 5.56 Å². The summed E-state index contributed by atoms with van der Waals surface area (Å²) in [7, 11) is 1.21. The summed E-state index contributed by atoms with van der Waals surface area (Å²) in [6.45, 7) is 10.3. The second kappa shape index (κ2) is 37.4. The van der Waals surface area contributed by atoms with Gasteiger partial charge in [-0.15, -0.1) is 0 Å². The predicted octanol–water partition coefficient (Wildman–Crippen LogP) is 5.03. The second-order valence-corrected chi connectivity index (χ2v) is 24.7. The minimum atomic E-state index is -2.06. The number of cyclic esters (lactones) is 1. The van der Waals surface area contributed by atoms with E-state index in [-0.39, 0.29) is 127 Å². The number of anilines is 1. The molecule has 28 nitrogen and oxygen atoms in total. The molecule has 3 aliphatic rings. The Labute approximate surface area is 566 Å². The Morgan fingerprint density at radius 1 is 0.806 bits per heavy atom. The molecule has 0 spiro atoms. The van der Waals surface area contributed by atoms with E-state index in [0.717, 1.165) is 12.0 Å². The highest BCUT2D eigenvalue weighted by molar-refractivity contribution is 5.98. The number of rotatable bonds is 42. The molecule has 8 N–H and O–H groups in total. The summed E-state index contributed by atoms with van der Waals surface area (Å²) in [5.74, 6) is -7.22. The Kier molecular flexibility index (Phi) is 29.3. The third-order valence-electron chi connectivity index (χ3n) is 17.4. The molecule has 5 atom stereocenters. The molecule has 2 aromatic heterocycles. The van der Waals surface area contributed by atoms with Gasteiger partial charge in [-0.3, -0.25) is 38.4 Å². The van der Waals surface area contributed by atoms with Crippen LogP contribution in [0.25, 0.3) is 22.3 Å². The standard InChI is InChI=1S/C69H91FN8O20/c1-7-22-92-25-27-94-29-30-95-28-26-93-23-19-46(79)31-44(13-18-58(83)91-6)64(85)77-61(40(3)4)56(81)32-43(10-9-21-72-67(71)88)63(84)74-45-14-11-42(12-15-45)37-98-68(89)73-35-47(80)20-24-96-39-57(82)75-53-17-16-48-41(5)52(70)34-54-59(48)60(53)49-36-78-55(62(49)76-54)33-51-50(65(78)86)38-97-66(87)69(51,90)8-2/h11-12,14-15,33-34,40,43-44,53,61,90H,7-10,13,16-32,35-39H2,1-6H3,(H,73,89)(H,74,84)(H,75,82)(H,77,85)(H3,71,72,88)/t43-,44+,53+,61+,69+/m1/s1. The van der Waals surface area contributed by atoms with E-state index in [4.69, 9.17) is 48.6 Å². The van der Waals surface area contributed by atoms with E-state index in [2.05, 4.69) is 26.6 Å². The maximum Gasteiger partial charge on any atom is 0.407 e. The summed E-state index contributed by atoms with van der Waals surface area (Å²) in [6.07, 6.45) is 0.202. The van der Waals surface area contributed by atoms with Crippen LogP contribution < -0.4 is 37.9 Å². The molecule has 0 saturated heterocycles. The van der Waals surface area contributed by atoms with Gasteiger partial charge in [-0.25, -0.2) is 23.8 Å². The van der Waals surface area contributed by atoms with Gasteiger partial charge >= 0.3 is 24.1 Å². The first-order valence-corrected chi connectivity index (χ1v) is 33.2. The topological polar surface area (TPSA) is 386 Å². The number of carbonyl (C=O) groups is 10. The Morgan fingerprint density at radius 2 is 1.47 bits per heavy atom. The molecular weight excluding hydrogens is 1280 g/mol. The first-order valence-electron chi connectivity index (χ1n) is 33.2. The molecule has 98 heavy (non-hydrogen) atoms. The van der Waals surface area contributed by atoms with Crippen molar-refractivity contribution in [2.24, 2.45) is 23.5 Å². The fourth-order valence-electron chi connectivity index (χ4n) is 12.0. The molecule has 1 aliphatic carbocycles. The van der Waals surface area contributed by atoms with Crippen LogP contribution in [0, 0.1) is 30.5 Å². The number of aromatic nitrogens is 2. The Balaban J connectivity index is 0.849. The number of carbonyl (C=O) groups excluding carboxylic acids is 10. The van der Waals surface area contributed by atoms with Gasteiger partial charge in [-0.05, 0) is 98.2 Å². The van der Waals surface area contributed by atoms with Gasteiger partial charge in [0.1, 0.15) is 31.4 Å². The van der Waals surface area contributed by atoms with Crippen LogP contribution in [-0.4, -0.2) is 166 Å². The van der Waals surface area contributed by atoms with E-state index in [1.54, 1.807) is 58.0 Å². The summed E-state index contributed by atoms with van der Waals surface area (Å²) in [4.78, 5) is 149. The molecule has 534 valence electrons. The molecule has 4 aromatic rings. The predicted molar refractivity (Wildman–Crippen MR) is 351 cm³/mol. The minimum Gasteiger partial charge on any atom is -0.469 e. The van der Waals surface area contributed by atoms with Crippen LogP contribution >= 0.6 is 0 Å².